The Morgan fingerprint density at radius 2 is 2.17 bits per heavy atom. The smallest absolute Gasteiger partial charge is 0.281 e. The van der Waals surface area contributed by atoms with E-state index in [0.717, 1.165) is 5.56 Å². The largest absolute Gasteiger partial charge is 0.306 e. The molecule has 0 aliphatic heterocycles. The predicted molar refractivity (Wildman–Crippen MR) is 87.9 cm³/mol. The van der Waals surface area contributed by atoms with Crippen LogP contribution in [0.2, 0.25) is 0 Å². The fraction of sp³-hybridized carbons (Fsp3) is 0.267. The number of rotatable bonds is 3. The summed E-state index contributed by atoms with van der Waals surface area (Å²) < 4.78 is 3.25. The second-order valence-electron chi connectivity index (χ2n) is 5.29. The second-order valence-corrected chi connectivity index (χ2v) is 6.07. The third-order valence-corrected chi connectivity index (χ3v) is 4.63. The van der Waals surface area contributed by atoms with Crippen LogP contribution in [0.25, 0.3) is 16.8 Å². The highest BCUT2D eigenvalue weighted by Gasteiger charge is 2.15. The van der Waals surface area contributed by atoms with Crippen LogP contribution in [0.3, 0.4) is 0 Å². The van der Waals surface area contributed by atoms with Gasteiger partial charge >= 0.3 is 0 Å². The number of aromatic nitrogens is 6. The van der Waals surface area contributed by atoms with Crippen LogP contribution >= 0.6 is 11.3 Å². The fourth-order valence-corrected chi connectivity index (χ4v) is 3.34. The van der Waals surface area contributed by atoms with Gasteiger partial charge in [-0.25, -0.2) is 0 Å². The van der Waals surface area contributed by atoms with Crippen molar-refractivity contribution in [3.05, 3.63) is 50.8 Å². The molecule has 116 valence electrons. The standard InChI is InChI=1S/C15H14N6OS/c1-3-12-16-15-18-17-13-11(21(15)19-12)4-6-20(14(13)22)9(2)10-5-7-23-8-10/h4-9H,3H2,1-2H3. The summed E-state index contributed by atoms with van der Waals surface area (Å²) in [6.07, 6.45) is 2.48. The summed E-state index contributed by atoms with van der Waals surface area (Å²) in [7, 11) is 0. The predicted octanol–water partition coefficient (Wildman–Crippen LogP) is 2.07. The third-order valence-electron chi connectivity index (χ3n) is 3.93. The molecule has 8 heteroatoms. The number of thiophene rings is 1. The molecule has 0 saturated heterocycles. The fourth-order valence-electron chi connectivity index (χ4n) is 2.59. The first-order valence-corrected chi connectivity index (χ1v) is 8.28. The summed E-state index contributed by atoms with van der Waals surface area (Å²) in [5.41, 5.74) is 1.85. The Morgan fingerprint density at radius 1 is 1.30 bits per heavy atom. The molecule has 4 aromatic rings. The van der Waals surface area contributed by atoms with Gasteiger partial charge in [0.25, 0.3) is 11.3 Å². The summed E-state index contributed by atoms with van der Waals surface area (Å²) in [6, 6.07) is 3.80. The summed E-state index contributed by atoms with van der Waals surface area (Å²) in [5, 5.41) is 16.5. The molecular weight excluding hydrogens is 312 g/mol. The van der Waals surface area contributed by atoms with Crippen molar-refractivity contribution in [2.45, 2.75) is 26.3 Å². The van der Waals surface area contributed by atoms with E-state index in [1.807, 2.05) is 36.7 Å². The average Bonchev–Trinajstić information content (AvgIpc) is 3.23. The molecule has 4 heterocycles. The Bertz CT molecular complexity index is 1050. The van der Waals surface area contributed by atoms with Gasteiger partial charge in [0.2, 0.25) is 0 Å². The van der Waals surface area contributed by atoms with Crippen molar-refractivity contribution in [1.29, 1.82) is 0 Å². The Kier molecular flexibility index (Phi) is 3.19. The lowest BCUT2D eigenvalue weighted by molar-refractivity contribution is 0.619. The minimum atomic E-state index is -0.177. The van der Waals surface area contributed by atoms with E-state index in [9.17, 15) is 4.79 Å². The second kappa shape index (κ2) is 5.24. The van der Waals surface area contributed by atoms with Crippen molar-refractivity contribution < 1.29 is 0 Å². The molecule has 0 bridgehead atoms. The highest BCUT2D eigenvalue weighted by molar-refractivity contribution is 7.07. The van der Waals surface area contributed by atoms with Crippen molar-refractivity contribution in [3.8, 4) is 0 Å². The molecule has 0 amide bonds. The summed E-state index contributed by atoms with van der Waals surface area (Å²) in [4.78, 5) is 17.1. The van der Waals surface area contributed by atoms with Gasteiger partial charge in [0.05, 0.1) is 6.04 Å². The quantitative estimate of drug-likeness (QED) is 0.576. The first-order valence-electron chi connectivity index (χ1n) is 7.34. The van der Waals surface area contributed by atoms with Gasteiger partial charge in [0, 0.05) is 12.6 Å². The van der Waals surface area contributed by atoms with E-state index in [1.54, 1.807) is 26.6 Å². The molecule has 4 rings (SSSR count). The van der Waals surface area contributed by atoms with Crippen LogP contribution in [0.15, 0.2) is 33.9 Å². The maximum atomic E-state index is 12.8. The van der Waals surface area contributed by atoms with Crippen molar-refractivity contribution >= 4 is 28.1 Å². The van der Waals surface area contributed by atoms with Crippen molar-refractivity contribution in [2.24, 2.45) is 0 Å². The van der Waals surface area contributed by atoms with Gasteiger partial charge in [-0.3, -0.25) is 4.79 Å². The van der Waals surface area contributed by atoms with Crippen LogP contribution in [0.5, 0.6) is 0 Å². The molecule has 1 atom stereocenters. The Hall–Kier alpha value is -2.61. The lowest BCUT2D eigenvalue weighted by atomic mass is 10.2. The topological polar surface area (TPSA) is 78.0 Å². The van der Waals surface area contributed by atoms with E-state index >= 15 is 0 Å². The van der Waals surface area contributed by atoms with Crippen LogP contribution in [0.1, 0.15) is 31.3 Å². The van der Waals surface area contributed by atoms with Crippen LogP contribution in [0.4, 0.5) is 0 Å². The SMILES string of the molecule is CCc1nc2nnc3c(=O)n(C(C)c4ccsc4)ccc3n2n1. The molecule has 0 fully saturated rings. The number of hydrogen-bond donors (Lipinski definition) is 0. The minimum Gasteiger partial charge on any atom is -0.306 e. The first-order chi connectivity index (χ1) is 11.2. The Labute approximate surface area is 135 Å². The van der Waals surface area contributed by atoms with E-state index in [4.69, 9.17) is 0 Å². The third kappa shape index (κ3) is 2.14. The molecule has 7 nitrogen and oxygen atoms in total. The first kappa shape index (κ1) is 14.0. The zero-order valence-corrected chi connectivity index (χ0v) is 13.5. The molecular formula is C15H14N6OS. The summed E-state index contributed by atoms with van der Waals surface area (Å²) in [5.74, 6) is 1.10. The van der Waals surface area contributed by atoms with Gasteiger partial charge in [0.1, 0.15) is 5.52 Å². The van der Waals surface area contributed by atoms with Crippen LogP contribution < -0.4 is 5.56 Å². The summed E-state index contributed by atoms with van der Waals surface area (Å²) >= 11 is 1.61. The molecule has 4 aromatic heterocycles. The van der Waals surface area contributed by atoms with Gasteiger partial charge < -0.3 is 4.57 Å². The lowest BCUT2D eigenvalue weighted by Crippen LogP contribution is -2.24. The Morgan fingerprint density at radius 3 is 2.91 bits per heavy atom. The summed E-state index contributed by atoms with van der Waals surface area (Å²) in [6.45, 7) is 3.96. The van der Waals surface area contributed by atoms with Crippen molar-refractivity contribution in [2.75, 3.05) is 0 Å². The minimum absolute atomic E-state index is 0.0578. The van der Waals surface area contributed by atoms with Gasteiger partial charge in [-0.1, -0.05) is 6.92 Å². The van der Waals surface area contributed by atoms with Gasteiger partial charge in [-0.2, -0.15) is 20.8 Å². The van der Waals surface area contributed by atoms with Crippen molar-refractivity contribution in [3.63, 3.8) is 0 Å². The maximum absolute atomic E-state index is 12.8. The number of pyridine rings is 1. The molecule has 0 aliphatic carbocycles. The van der Waals surface area contributed by atoms with E-state index in [2.05, 4.69) is 20.3 Å². The van der Waals surface area contributed by atoms with Gasteiger partial charge in [0.15, 0.2) is 11.3 Å². The zero-order valence-electron chi connectivity index (χ0n) is 12.7. The van der Waals surface area contributed by atoms with Crippen molar-refractivity contribution in [1.82, 2.24) is 29.4 Å². The number of nitrogens with zero attached hydrogens (tertiary/aromatic N) is 6. The lowest BCUT2D eigenvalue weighted by Gasteiger charge is -2.14. The maximum Gasteiger partial charge on any atom is 0.281 e. The molecule has 0 spiro atoms. The van der Waals surface area contributed by atoms with Crippen LogP contribution in [-0.4, -0.2) is 29.4 Å². The molecule has 0 aromatic carbocycles. The normalized spacial score (nSPS) is 13.0. The van der Waals surface area contributed by atoms with E-state index in [1.165, 1.54) is 0 Å². The van der Waals surface area contributed by atoms with E-state index in [0.29, 0.717) is 29.1 Å². The molecule has 0 N–H and O–H groups in total. The van der Waals surface area contributed by atoms with Gasteiger partial charge in [-0.05, 0) is 35.4 Å². The van der Waals surface area contributed by atoms with Crippen LogP contribution in [0, 0.1) is 0 Å². The molecule has 0 aliphatic rings. The monoisotopic (exact) mass is 326 g/mol. The molecule has 23 heavy (non-hydrogen) atoms. The average molecular weight is 326 g/mol. The number of hydrogen-bond acceptors (Lipinski definition) is 6. The highest BCUT2D eigenvalue weighted by Crippen LogP contribution is 2.19. The molecule has 1 unspecified atom stereocenters. The number of aryl methyl sites for hydroxylation is 1. The van der Waals surface area contributed by atoms with Crippen LogP contribution in [-0.2, 0) is 6.42 Å². The zero-order chi connectivity index (χ0) is 16.0. The highest BCUT2D eigenvalue weighted by atomic mass is 32.1. The molecule has 0 radical (unpaired) electrons. The number of fused-ring (bicyclic) bond motifs is 3. The van der Waals surface area contributed by atoms with E-state index in [-0.39, 0.29) is 11.6 Å². The Balaban J connectivity index is 1.95. The van der Waals surface area contributed by atoms with Gasteiger partial charge in [-0.15, -0.1) is 15.3 Å². The van der Waals surface area contributed by atoms with E-state index < -0.39 is 0 Å². The molecule has 0 saturated carbocycles.